The maximum atomic E-state index is 12.4. The van der Waals surface area contributed by atoms with Crippen LogP contribution in [0.4, 0.5) is 8.78 Å². The molecule has 0 radical (unpaired) electrons. The van der Waals surface area contributed by atoms with E-state index in [-0.39, 0.29) is 11.3 Å². The zero-order valence-corrected chi connectivity index (χ0v) is 9.72. The fourth-order valence-corrected chi connectivity index (χ4v) is 1.96. The van der Waals surface area contributed by atoms with Gasteiger partial charge in [0.1, 0.15) is 5.78 Å². The first-order valence-corrected chi connectivity index (χ1v) is 5.14. The molecule has 0 unspecified atom stereocenters. The van der Waals surface area contributed by atoms with Crippen LogP contribution in [-0.2, 0) is 11.2 Å². The van der Waals surface area contributed by atoms with Crippen LogP contribution < -0.4 is 0 Å². The molecule has 0 atom stereocenters. The van der Waals surface area contributed by atoms with Gasteiger partial charge in [-0.1, -0.05) is 12.1 Å². The summed E-state index contributed by atoms with van der Waals surface area (Å²) in [5, 5.41) is 0. The minimum absolute atomic E-state index is 0.0258. The van der Waals surface area contributed by atoms with Crippen molar-refractivity contribution in [3.05, 3.63) is 32.9 Å². The average Bonchev–Trinajstić information content (AvgIpc) is 2.01. The quantitative estimate of drug-likeness (QED) is 0.783. The lowest BCUT2D eigenvalue weighted by Gasteiger charge is -2.05. The number of hydrogen-bond donors (Lipinski definition) is 0. The summed E-state index contributed by atoms with van der Waals surface area (Å²) in [7, 11) is 0. The van der Waals surface area contributed by atoms with Crippen LogP contribution in [0, 0.1) is 3.57 Å². The predicted molar refractivity (Wildman–Crippen MR) is 58.5 cm³/mol. The van der Waals surface area contributed by atoms with E-state index in [1.165, 1.54) is 13.0 Å². The van der Waals surface area contributed by atoms with Crippen molar-refractivity contribution in [2.75, 3.05) is 0 Å². The number of hydrogen-bond acceptors (Lipinski definition) is 1. The molecule has 0 aliphatic rings. The third-order valence-electron chi connectivity index (χ3n) is 1.75. The van der Waals surface area contributed by atoms with E-state index in [1.807, 2.05) is 22.6 Å². The van der Waals surface area contributed by atoms with Gasteiger partial charge in [0.05, 0.1) is 0 Å². The SMILES string of the molecule is CC(=O)Cc1ccc(C(F)F)c(I)c1. The molecule has 1 rings (SSSR count). The molecule has 0 amide bonds. The average molecular weight is 310 g/mol. The Kier molecular flexibility index (Phi) is 3.97. The number of ketones is 1. The van der Waals surface area contributed by atoms with E-state index >= 15 is 0 Å². The van der Waals surface area contributed by atoms with Crippen LogP contribution in [0.3, 0.4) is 0 Å². The van der Waals surface area contributed by atoms with Crippen LogP contribution in [0.25, 0.3) is 0 Å². The van der Waals surface area contributed by atoms with Gasteiger partial charge in [-0.15, -0.1) is 0 Å². The van der Waals surface area contributed by atoms with Gasteiger partial charge in [0.15, 0.2) is 0 Å². The summed E-state index contributed by atoms with van der Waals surface area (Å²) in [6.45, 7) is 1.48. The van der Waals surface area contributed by atoms with E-state index in [2.05, 4.69) is 0 Å². The molecule has 1 aromatic rings. The molecule has 1 nitrogen and oxygen atoms in total. The molecule has 76 valence electrons. The Labute approximate surface area is 94.6 Å². The van der Waals surface area contributed by atoms with Crippen molar-refractivity contribution in [3.8, 4) is 0 Å². The third-order valence-corrected chi connectivity index (χ3v) is 2.69. The number of Topliss-reactive ketones (excluding diaryl/α,β-unsaturated/α-hetero) is 1. The van der Waals surface area contributed by atoms with E-state index in [0.717, 1.165) is 5.56 Å². The minimum atomic E-state index is -2.45. The summed E-state index contributed by atoms with van der Waals surface area (Å²) in [6, 6.07) is 4.58. The molecule has 1 aromatic carbocycles. The van der Waals surface area contributed by atoms with Crippen molar-refractivity contribution >= 4 is 28.4 Å². The molecule has 0 heterocycles. The summed E-state index contributed by atoms with van der Waals surface area (Å²) >= 11 is 1.86. The van der Waals surface area contributed by atoms with Crippen LogP contribution >= 0.6 is 22.6 Å². The Morgan fingerprint density at radius 3 is 2.57 bits per heavy atom. The Bertz CT molecular complexity index is 350. The number of halogens is 3. The molecule has 0 aromatic heterocycles. The van der Waals surface area contributed by atoms with Gasteiger partial charge < -0.3 is 0 Å². The lowest BCUT2D eigenvalue weighted by Crippen LogP contribution is -1.98. The zero-order chi connectivity index (χ0) is 10.7. The zero-order valence-electron chi connectivity index (χ0n) is 7.56. The molecule has 0 N–H and O–H groups in total. The number of benzene rings is 1. The standard InChI is InChI=1S/C10H9F2IO/c1-6(14)4-7-2-3-8(10(11)12)9(13)5-7/h2-3,5,10H,4H2,1H3. The molecule has 4 heteroatoms. The monoisotopic (exact) mass is 310 g/mol. The van der Waals surface area contributed by atoms with E-state index in [0.29, 0.717) is 9.99 Å². The van der Waals surface area contributed by atoms with E-state index in [9.17, 15) is 13.6 Å². The number of alkyl halides is 2. The molecule has 0 aliphatic carbocycles. The summed E-state index contributed by atoms with van der Waals surface area (Å²) in [5.41, 5.74) is 0.809. The second-order valence-corrected chi connectivity index (χ2v) is 4.20. The maximum absolute atomic E-state index is 12.4. The fraction of sp³-hybridized carbons (Fsp3) is 0.300. The van der Waals surface area contributed by atoms with Crippen molar-refractivity contribution in [2.45, 2.75) is 19.8 Å². The first kappa shape index (κ1) is 11.6. The Morgan fingerprint density at radius 1 is 1.50 bits per heavy atom. The van der Waals surface area contributed by atoms with Crippen LogP contribution in [0.2, 0.25) is 0 Å². The fourth-order valence-electron chi connectivity index (χ4n) is 1.15. The largest absolute Gasteiger partial charge is 0.300 e. The number of carbonyl (C=O) groups excluding carboxylic acids is 1. The molecule has 0 fully saturated rings. The topological polar surface area (TPSA) is 17.1 Å². The molecule has 0 saturated carbocycles. The van der Waals surface area contributed by atoms with Gasteiger partial charge in [-0.3, -0.25) is 4.79 Å². The van der Waals surface area contributed by atoms with Crippen LogP contribution in [0.5, 0.6) is 0 Å². The third kappa shape index (κ3) is 3.01. The lowest BCUT2D eigenvalue weighted by atomic mass is 10.1. The van der Waals surface area contributed by atoms with Gasteiger partial charge >= 0.3 is 0 Å². The molecule has 0 bridgehead atoms. The highest BCUT2D eigenvalue weighted by Gasteiger charge is 2.11. The lowest BCUT2D eigenvalue weighted by molar-refractivity contribution is -0.116. The van der Waals surface area contributed by atoms with Gasteiger partial charge in [0, 0.05) is 15.6 Å². The van der Waals surface area contributed by atoms with Gasteiger partial charge in [0.2, 0.25) is 0 Å². The molecule has 0 saturated heterocycles. The summed E-state index contributed by atoms with van der Waals surface area (Å²) in [6.07, 6.45) is -2.15. The predicted octanol–water partition coefficient (Wildman–Crippen LogP) is 3.36. The molecular formula is C10H9F2IO. The van der Waals surface area contributed by atoms with Crippen molar-refractivity contribution in [3.63, 3.8) is 0 Å². The second kappa shape index (κ2) is 4.82. The molecule has 0 spiro atoms. The van der Waals surface area contributed by atoms with Gasteiger partial charge in [-0.2, -0.15) is 0 Å². The summed E-state index contributed by atoms with van der Waals surface area (Å²) in [4.78, 5) is 10.8. The van der Waals surface area contributed by atoms with Crippen molar-refractivity contribution in [1.82, 2.24) is 0 Å². The van der Waals surface area contributed by atoms with E-state index in [1.54, 1.807) is 12.1 Å². The minimum Gasteiger partial charge on any atom is -0.300 e. The summed E-state index contributed by atoms with van der Waals surface area (Å²) < 4.78 is 25.2. The first-order chi connectivity index (χ1) is 6.50. The van der Waals surface area contributed by atoms with Gasteiger partial charge in [0.25, 0.3) is 6.43 Å². The normalized spacial score (nSPS) is 10.6. The highest BCUT2D eigenvalue weighted by Crippen LogP contribution is 2.25. The Morgan fingerprint density at radius 2 is 2.14 bits per heavy atom. The second-order valence-electron chi connectivity index (χ2n) is 3.04. The van der Waals surface area contributed by atoms with Crippen LogP contribution in [-0.4, -0.2) is 5.78 Å². The van der Waals surface area contributed by atoms with Crippen LogP contribution in [0.15, 0.2) is 18.2 Å². The van der Waals surface area contributed by atoms with Crippen molar-refractivity contribution in [1.29, 1.82) is 0 Å². The molecule has 0 aliphatic heterocycles. The Hall–Kier alpha value is -0.520. The van der Waals surface area contributed by atoms with Gasteiger partial charge in [-0.05, 0) is 41.1 Å². The highest BCUT2D eigenvalue weighted by molar-refractivity contribution is 14.1. The molecular weight excluding hydrogens is 301 g/mol. The smallest absolute Gasteiger partial charge is 0.264 e. The van der Waals surface area contributed by atoms with E-state index in [4.69, 9.17) is 0 Å². The number of rotatable bonds is 3. The number of carbonyl (C=O) groups is 1. The summed E-state index contributed by atoms with van der Waals surface area (Å²) in [5.74, 6) is 0.0330. The van der Waals surface area contributed by atoms with Crippen LogP contribution in [0.1, 0.15) is 24.5 Å². The van der Waals surface area contributed by atoms with Crippen molar-refractivity contribution in [2.24, 2.45) is 0 Å². The van der Waals surface area contributed by atoms with E-state index < -0.39 is 6.43 Å². The maximum Gasteiger partial charge on any atom is 0.264 e. The van der Waals surface area contributed by atoms with Crippen molar-refractivity contribution < 1.29 is 13.6 Å². The first-order valence-electron chi connectivity index (χ1n) is 4.06. The Balaban J connectivity index is 2.94. The van der Waals surface area contributed by atoms with Gasteiger partial charge in [-0.25, -0.2) is 8.78 Å². The molecule has 14 heavy (non-hydrogen) atoms. The highest BCUT2D eigenvalue weighted by atomic mass is 127.